The molecule has 7 nitrogen and oxygen atoms in total. The summed E-state index contributed by atoms with van der Waals surface area (Å²) in [5.74, 6) is -0.421. The molecule has 1 aromatic carbocycles. The van der Waals surface area contributed by atoms with Crippen molar-refractivity contribution in [1.82, 2.24) is 20.4 Å². The molecule has 0 spiro atoms. The average Bonchev–Trinajstić information content (AvgIpc) is 2.66. The van der Waals surface area contributed by atoms with Gasteiger partial charge >= 0.3 is 6.09 Å². The summed E-state index contributed by atoms with van der Waals surface area (Å²) in [6.07, 6.45) is -0.274. The van der Waals surface area contributed by atoms with Gasteiger partial charge in [0.15, 0.2) is 5.96 Å². The number of nitrogens with one attached hydrogen (secondary N) is 2. The molecule has 2 N–H and O–H groups in total. The molecule has 170 valence electrons. The second-order valence-electron chi connectivity index (χ2n) is 7.90. The zero-order valence-corrected chi connectivity index (χ0v) is 20.3. The molecule has 0 bridgehead atoms. The lowest BCUT2D eigenvalue weighted by molar-refractivity contribution is 0.0147. The third-order valence-corrected chi connectivity index (χ3v) is 4.42. The zero-order chi connectivity index (χ0) is 21.4. The zero-order valence-electron chi connectivity index (χ0n) is 18.0. The molecule has 1 aliphatic rings. The van der Waals surface area contributed by atoms with Crippen LogP contribution in [0.4, 0.5) is 13.6 Å². The Morgan fingerprint density at radius 2 is 1.83 bits per heavy atom. The van der Waals surface area contributed by atoms with Crippen LogP contribution in [0.2, 0.25) is 0 Å². The van der Waals surface area contributed by atoms with Crippen molar-refractivity contribution in [1.29, 1.82) is 0 Å². The molecule has 30 heavy (non-hydrogen) atoms. The SMILES string of the molecule is CN=C(NCCN1CCN(C(=O)OC(C)(C)C)CC1)NCc1cc(F)ccc1F.I. The van der Waals surface area contributed by atoms with Crippen LogP contribution in [-0.2, 0) is 11.3 Å². The van der Waals surface area contributed by atoms with Gasteiger partial charge in [0.05, 0.1) is 0 Å². The number of carbonyl (C=O) groups is 1. The third-order valence-electron chi connectivity index (χ3n) is 4.42. The van der Waals surface area contributed by atoms with Crippen molar-refractivity contribution in [3.63, 3.8) is 0 Å². The van der Waals surface area contributed by atoms with Gasteiger partial charge in [0.1, 0.15) is 17.2 Å². The maximum absolute atomic E-state index is 13.7. The number of rotatable bonds is 5. The number of halogens is 3. The maximum Gasteiger partial charge on any atom is 0.410 e. The van der Waals surface area contributed by atoms with Crippen LogP contribution in [0.3, 0.4) is 0 Å². The summed E-state index contributed by atoms with van der Waals surface area (Å²) in [5.41, 5.74) is -0.249. The van der Waals surface area contributed by atoms with E-state index in [0.717, 1.165) is 31.8 Å². The average molecular weight is 539 g/mol. The van der Waals surface area contributed by atoms with Gasteiger partial charge in [0, 0.05) is 58.4 Å². The Kier molecular flexibility index (Phi) is 10.7. The number of piperazine rings is 1. The van der Waals surface area contributed by atoms with E-state index >= 15 is 0 Å². The topological polar surface area (TPSA) is 69.2 Å². The first-order valence-electron chi connectivity index (χ1n) is 9.76. The molecule has 1 fully saturated rings. The normalized spacial score (nSPS) is 15.4. The molecular formula is C20H32F2IN5O2. The highest BCUT2D eigenvalue weighted by Gasteiger charge is 2.25. The van der Waals surface area contributed by atoms with Gasteiger partial charge in [-0.2, -0.15) is 0 Å². The van der Waals surface area contributed by atoms with Crippen molar-refractivity contribution in [3.8, 4) is 0 Å². The Balaban J connectivity index is 0.00000450. The van der Waals surface area contributed by atoms with Crippen LogP contribution in [0, 0.1) is 11.6 Å². The van der Waals surface area contributed by atoms with Crippen molar-refractivity contribution >= 4 is 36.0 Å². The van der Waals surface area contributed by atoms with Crippen molar-refractivity contribution < 1.29 is 18.3 Å². The minimum atomic E-state index is -0.491. The van der Waals surface area contributed by atoms with Gasteiger partial charge in [0.2, 0.25) is 0 Å². The molecule has 2 rings (SSSR count). The fraction of sp³-hybridized carbons (Fsp3) is 0.600. The number of benzene rings is 1. The highest BCUT2D eigenvalue weighted by Crippen LogP contribution is 2.12. The summed E-state index contributed by atoms with van der Waals surface area (Å²) in [6.45, 7) is 9.90. The van der Waals surface area contributed by atoms with Crippen LogP contribution < -0.4 is 10.6 Å². The molecule has 1 heterocycles. The quantitative estimate of drug-likeness (QED) is 0.343. The minimum absolute atomic E-state index is 0. The van der Waals surface area contributed by atoms with Crippen LogP contribution in [0.25, 0.3) is 0 Å². The lowest BCUT2D eigenvalue weighted by Crippen LogP contribution is -2.51. The second-order valence-corrected chi connectivity index (χ2v) is 7.90. The highest BCUT2D eigenvalue weighted by atomic mass is 127. The fourth-order valence-corrected chi connectivity index (χ4v) is 2.89. The summed E-state index contributed by atoms with van der Waals surface area (Å²) in [4.78, 5) is 20.2. The first-order chi connectivity index (χ1) is 13.7. The standard InChI is InChI=1S/C20H31F2N5O2.HI/c1-20(2,3)29-19(28)27-11-9-26(10-12-27)8-7-24-18(23-4)25-14-15-13-16(21)5-6-17(15)22;/h5-6,13H,7-12,14H2,1-4H3,(H2,23,24,25);1H. The van der Waals surface area contributed by atoms with E-state index in [2.05, 4.69) is 20.5 Å². The van der Waals surface area contributed by atoms with E-state index in [1.807, 2.05) is 20.8 Å². The van der Waals surface area contributed by atoms with E-state index in [1.165, 1.54) is 6.07 Å². The molecule has 1 aliphatic heterocycles. The number of nitrogens with zero attached hydrogens (tertiary/aromatic N) is 3. The lowest BCUT2D eigenvalue weighted by atomic mass is 10.2. The second kappa shape index (κ2) is 12.2. The van der Waals surface area contributed by atoms with Crippen LogP contribution in [0.5, 0.6) is 0 Å². The monoisotopic (exact) mass is 539 g/mol. The van der Waals surface area contributed by atoms with Crippen LogP contribution in [0.1, 0.15) is 26.3 Å². The Bertz CT molecular complexity index is 720. The van der Waals surface area contributed by atoms with E-state index in [-0.39, 0.29) is 42.2 Å². The Morgan fingerprint density at radius 1 is 1.17 bits per heavy atom. The van der Waals surface area contributed by atoms with E-state index in [1.54, 1.807) is 11.9 Å². The summed E-state index contributed by atoms with van der Waals surface area (Å²) in [6, 6.07) is 3.37. The highest BCUT2D eigenvalue weighted by molar-refractivity contribution is 14.0. The molecule has 1 aromatic rings. The largest absolute Gasteiger partial charge is 0.444 e. The smallest absolute Gasteiger partial charge is 0.410 e. The molecule has 0 aromatic heterocycles. The van der Waals surface area contributed by atoms with Crippen molar-refractivity contribution in [2.75, 3.05) is 46.3 Å². The number of carbonyl (C=O) groups excluding carboxylic acids is 1. The summed E-state index contributed by atoms with van der Waals surface area (Å²) in [7, 11) is 1.62. The molecule has 0 saturated carbocycles. The Hall–Kier alpha value is -1.69. The van der Waals surface area contributed by atoms with Crippen molar-refractivity contribution in [2.24, 2.45) is 4.99 Å². The number of hydrogen-bond acceptors (Lipinski definition) is 4. The van der Waals surface area contributed by atoms with Gasteiger partial charge in [-0.1, -0.05) is 0 Å². The molecule has 10 heteroatoms. The Labute approximate surface area is 194 Å². The van der Waals surface area contributed by atoms with Crippen LogP contribution >= 0.6 is 24.0 Å². The number of aliphatic imine (C=N–C) groups is 1. The summed E-state index contributed by atoms with van der Waals surface area (Å²) >= 11 is 0. The molecule has 0 radical (unpaired) electrons. The first-order valence-corrected chi connectivity index (χ1v) is 9.76. The fourth-order valence-electron chi connectivity index (χ4n) is 2.89. The summed E-state index contributed by atoms with van der Waals surface area (Å²) in [5, 5.41) is 6.14. The lowest BCUT2D eigenvalue weighted by Gasteiger charge is -2.35. The van der Waals surface area contributed by atoms with E-state index in [9.17, 15) is 13.6 Å². The minimum Gasteiger partial charge on any atom is -0.444 e. The van der Waals surface area contributed by atoms with E-state index in [4.69, 9.17) is 4.74 Å². The molecule has 0 atom stereocenters. The van der Waals surface area contributed by atoms with Crippen molar-refractivity contribution in [3.05, 3.63) is 35.4 Å². The Morgan fingerprint density at radius 3 is 2.43 bits per heavy atom. The number of guanidine groups is 1. The van der Waals surface area contributed by atoms with Gasteiger partial charge in [-0.05, 0) is 39.0 Å². The van der Waals surface area contributed by atoms with E-state index in [0.29, 0.717) is 25.6 Å². The molecular weight excluding hydrogens is 507 g/mol. The predicted octanol–water partition coefficient (Wildman–Crippen LogP) is 2.80. The van der Waals surface area contributed by atoms with Gasteiger partial charge in [-0.3, -0.25) is 9.89 Å². The number of hydrogen-bond donors (Lipinski definition) is 2. The summed E-state index contributed by atoms with van der Waals surface area (Å²) < 4.78 is 32.3. The van der Waals surface area contributed by atoms with Gasteiger partial charge in [-0.15, -0.1) is 24.0 Å². The molecule has 0 aliphatic carbocycles. The molecule has 1 saturated heterocycles. The van der Waals surface area contributed by atoms with Gasteiger partial charge in [-0.25, -0.2) is 13.6 Å². The van der Waals surface area contributed by atoms with Crippen LogP contribution in [0.15, 0.2) is 23.2 Å². The molecule has 1 amide bonds. The van der Waals surface area contributed by atoms with Gasteiger partial charge < -0.3 is 20.3 Å². The number of amides is 1. The van der Waals surface area contributed by atoms with Crippen LogP contribution in [-0.4, -0.2) is 73.8 Å². The number of ether oxygens (including phenoxy) is 1. The first kappa shape index (κ1) is 26.3. The maximum atomic E-state index is 13.7. The third kappa shape index (κ3) is 8.99. The van der Waals surface area contributed by atoms with E-state index < -0.39 is 17.2 Å². The van der Waals surface area contributed by atoms with Crippen molar-refractivity contribution in [2.45, 2.75) is 32.9 Å². The molecule has 0 unspecified atom stereocenters. The predicted molar refractivity (Wildman–Crippen MR) is 124 cm³/mol. The van der Waals surface area contributed by atoms with Gasteiger partial charge in [0.25, 0.3) is 0 Å².